The normalized spacial score (nSPS) is 11.7. The fraction of sp³-hybridized carbons (Fsp3) is 0.263. The first-order valence-corrected chi connectivity index (χ1v) is 8.10. The van der Waals surface area contributed by atoms with Gasteiger partial charge in [0.25, 0.3) is 0 Å². The van der Waals surface area contributed by atoms with E-state index in [9.17, 15) is 4.79 Å². The average molecular weight is 343 g/mol. The van der Waals surface area contributed by atoms with Crippen LogP contribution in [-0.4, -0.2) is 10.9 Å². The molecule has 0 atom stereocenters. The van der Waals surface area contributed by atoms with Gasteiger partial charge in [0, 0.05) is 11.1 Å². The number of nitrogens with one attached hydrogen (secondary N) is 1. The zero-order chi connectivity index (χ0) is 17.5. The van der Waals surface area contributed by atoms with Gasteiger partial charge in [-0.2, -0.15) is 0 Å². The molecule has 0 aliphatic rings. The molecule has 124 valence electrons. The lowest BCUT2D eigenvalue weighted by atomic mass is 9.95. The summed E-state index contributed by atoms with van der Waals surface area (Å²) in [6.45, 7) is 7.59. The number of nitrogens with zero attached hydrogens (tertiary/aromatic N) is 1. The summed E-state index contributed by atoms with van der Waals surface area (Å²) in [7, 11) is 0. The summed E-state index contributed by atoms with van der Waals surface area (Å²) in [5, 5.41) is 3.42. The lowest BCUT2D eigenvalue weighted by Gasteiger charge is -2.18. The minimum Gasteiger partial charge on any atom is -0.436 e. The van der Waals surface area contributed by atoms with Gasteiger partial charge in [-0.15, -0.1) is 0 Å². The molecule has 0 unspecified atom stereocenters. The topological polar surface area (TPSA) is 55.1 Å². The Hall–Kier alpha value is -2.33. The lowest BCUT2D eigenvalue weighted by molar-refractivity contribution is -0.123. The first-order chi connectivity index (χ1) is 11.2. The van der Waals surface area contributed by atoms with Crippen LogP contribution in [-0.2, 0) is 4.79 Å². The molecule has 4 nitrogen and oxygen atoms in total. The number of aryl methyl sites for hydroxylation is 1. The van der Waals surface area contributed by atoms with Crippen LogP contribution in [0.1, 0.15) is 26.3 Å². The molecular weight excluding hydrogens is 324 g/mol. The van der Waals surface area contributed by atoms with Crippen molar-refractivity contribution in [2.24, 2.45) is 5.41 Å². The highest BCUT2D eigenvalue weighted by Gasteiger charge is 2.22. The number of anilines is 1. The number of amides is 1. The molecule has 1 amide bonds. The third kappa shape index (κ3) is 3.29. The number of hydrogen-bond donors (Lipinski definition) is 1. The molecule has 1 N–H and O–H groups in total. The third-order valence-electron chi connectivity index (χ3n) is 3.68. The number of carbonyl (C=O) groups is 1. The maximum Gasteiger partial charge on any atom is 0.229 e. The van der Waals surface area contributed by atoms with E-state index in [1.165, 1.54) is 0 Å². The minimum absolute atomic E-state index is 0.0658. The summed E-state index contributed by atoms with van der Waals surface area (Å²) >= 11 is 6.30. The molecule has 0 bridgehead atoms. The van der Waals surface area contributed by atoms with Crippen LogP contribution in [0.5, 0.6) is 0 Å². The fourth-order valence-electron chi connectivity index (χ4n) is 2.23. The highest BCUT2D eigenvalue weighted by atomic mass is 35.5. The maximum atomic E-state index is 12.2. The Morgan fingerprint density at radius 2 is 1.92 bits per heavy atom. The molecule has 5 heteroatoms. The molecule has 0 fully saturated rings. The van der Waals surface area contributed by atoms with Crippen molar-refractivity contribution in [2.45, 2.75) is 27.7 Å². The van der Waals surface area contributed by atoms with Gasteiger partial charge in [-0.05, 0) is 42.8 Å². The Balaban J connectivity index is 2.00. The summed E-state index contributed by atoms with van der Waals surface area (Å²) in [4.78, 5) is 16.7. The van der Waals surface area contributed by atoms with E-state index in [0.717, 1.165) is 11.1 Å². The molecule has 0 saturated carbocycles. The predicted octanol–water partition coefficient (Wildman–Crippen LogP) is 5.44. The molecule has 0 aliphatic carbocycles. The van der Waals surface area contributed by atoms with Crippen molar-refractivity contribution in [3.63, 3.8) is 0 Å². The smallest absolute Gasteiger partial charge is 0.229 e. The van der Waals surface area contributed by atoms with Crippen molar-refractivity contribution in [1.82, 2.24) is 4.98 Å². The van der Waals surface area contributed by atoms with E-state index in [1.54, 1.807) is 18.2 Å². The summed E-state index contributed by atoms with van der Waals surface area (Å²) < 4.78 is 5.83. The van der Waals surface area contributed by atoms with Crippen LogP contribution in [0.3, 0.4) is 0 Å². The molecular formula is C19H19ClN2O2. The standard InChI is InChI=1S/C19H19ClN2O2/c1-11-5-8-15-16(9-11)24-17(22-15)13-10-12(6-7-14(13)20)21-18(23)19(2,3)4/h5-10H,1-4H3,(H,21,23). The van der Waals surface area contributed by atoms with E-state index in [1.807, 2.05) is 45.9 Å². The van der Waals surface area contributed by atoms with Gasteiger partial charge in [0.15, 0.2) is 5.58 Å². The van der Waals surface area contributed by atoms with Gasteiger partial charge in [0.2, 0.25) is 11.8 Å². The van der Waals surface area contributed by atoms with Crippen LogP contribution in [0.15, 0.2) is 40.8 Å². The average Bonchev–Trinajstić information content (AvgIpc) is 2.90. The van der Waals surface area contributed by atoms with E-state index < -0.39 is 5.41 Å². The maximum absolute atomic E-state index is 12.2. The van der Waals surface area contributed by atoms with Crippen molar-refractivity contribution in [3.05, 3.63) is 47.0 Å². The Morgan fingerprint density at radius 1 is 1.17 bits per heavy atom. The summed E-state index contributed by atoms with van der Waals surface area (Å²) in [5.74, 6) is 0.372. The van der Waals surface area contributed by atoms with Crippen LogP contribution in [0.25, 0.3) is 22.6 Å². The van der Waals surface area contributed by atoms with Gasteiger partial charge in [-0.25, -0.2) is 4.98 Å². The molecule has 3 rings (SSSR count). The second-order valence-corrected chi connectivity index (χ2v) is 7.30. The number of carbonyl (C=O) groups excluding carboxylic acids is 1. The van der Waals surface area contributed by atoms with Crippen LogP contribution < -0.4 is 5.32 Å². The van der Waals surface area contributed by atoms with Crippen molar-refractivity contribution >= 4 is 34.3 Å². The SMILES string of the molecule is Cc1ccc2nc(-c3cc(NC(=O)C(C)(C)C)ccc3Cl)oc2c1. The lowest BCUT2D eigenvalue weighted by Crippen LogP contribution is -2.27. The van der Waals surface area contributed by atoms with E-state index in [4.69, 9.17) is 16.0 Å². The predicted molar refractivity (Wildman–Crippen MR) is 97.3 cm³/mol. The van der Waals surface area contributed by atoms with Crippen molar-refractivity contribution < 1.29 is 9.21 Å². The van der Waals surface area contributed by atoms with Gasteiger partial charge >= 0.3 is 0 Å². The monoisotopic (exact) mass is 342 g/mol. The van der Waals surface area contributed by atoms with Crippen molar-refractivity contribution in [2.75, 3.05) is 5.32 Å². The Kier molecular flexibility index (Phi) is 4.10. The van der Waals surface area contributed by atoms with Gasteiger partial charge in [0.1, 0.15) is 5.52 Å². The molecule has 2 aromatic carbocycles. The van der Waals surface area contributed by atoms with Crippen molar-refractivity contribution in [3.8, 4) is 11.5 Å². The number of fused-ring (bicyclic) bond motifs is 1. The molecule has 1 heterocycles. The van der Waals surface area contributed by atoms with Gasteiger partial charge < -0.3 is 9.73 Å². The van der Waals surface area contributed by atoms with Crippen molar-refractivity contribution in [1.29, 1.82) is 0 Å². The van der Waals surface area contributed by atoms with Crippen LogP contribution >= 0.6 is 11.6 Å². The van der Waals surface area contributed by atoms with E-state index in [-0.39, 0.29) is 5.91 Å². The Labute approximate surface area is 145 Å². The summed E-state index contributed by atoms with van der Waals surface area (Å²) in [5.41, 5.74) is 3.42. The molecule has 3 aromatic rings. The molecule has 0 saturated heterocycles. The molecule has 0 spiro atoms. The van der Waals surface area contributed by atoms with Gasteiger partial charge in [-0.3, -0.25) is 4.79 Å². The molecule has 24 heavy (non-hydrogen) atoms. The second kappa shape index (κ2) is 5.95. The molecule has 1 aromatic heterocycles. The Bertz CT molecular complexity index is 923. The van der Waals surface area contributed by atoms with E-state index in [2.05, 4.69) is 10.3 Å². The zero-order valence-electron chi connectivity index (χ0n) is 14.1. The first-order valence-electron chi connectivity index (χ1n) is 7.72. The summed E-state index contributed by atoms with van der Waals surface area (Å²) in [6.07, 6.45) is 0. The fourth-order valence-corrected chi connectivity index (χ4v) is 2.43. The van der Waals surface area contributed by atoms with Gasteiger partial charge in [0.05, 0.1) is 10.6 Å². The highest BCUT2D eigenvalue weighted by Crippen LogP contribution is 2.33. The number of hydrogen-bond acceptors (Lipinski definition) is 3. The van der Waals surface area contributed by atoms with Crippen LogP contribution in [0.2, 0.25) is 5.02 Å². The molecule has 0 aliphatic heterocycles. The second-order valence-electron chi connectivity index (χ2n) is 6.89. The third-order valence-corrected chi connectivity index (χ3v) is 4.01. The summed E-state index contributed by atoms with van der Waals surface area (Å²) in [6, 6.07) is 11.1. The number of oxazole rings is 1. The number of rotatable bonds is 2. The van der Waals surface area contributed by atoms with Crippen LogP contribution in [0, 0.1) is 12.3 Å². The largest absolute Gasteiger partial charge is 0.436 e. The zero-order valence-corrected chi connectivity index (χ0v) is 14.9. The van der Waals surface area contributed by atoms with Crippen LogP contribution in [0.4, 0.5) is 5.69 Å². The Morgan fingerprint density at radius 3 is 2.62 bits per heavy atom. The number of aromatic nitrogens is 1. The minimum atomic E-state index is -0.477. The first kappa shape index (κ1) is 16.5. The van der Waals surface area contributed by atoms with E-state index >= 15 is 0 Å². The highest BCUT2D eigenvalue weighted by molar-refractivity contribution is 6.33. The number of halogens is 1. The quantitative estimate of drug-likeness (QED) is 0.674. The van der Waals surface area contributed by atoms with Gasteiger partial charge in [-0.1, -0.05) is 38.4 Å². The molecule has 0 radical (unpaired) electrons. The van der Waals surface area contributed by atoms with E-state index in [0.29, 0.717) is 27.7 Å². The number of benzene rings is 2.